The number of carbonyl (C=O) groups excluding carboxylic acids is 1. The topological polar surface area (TPSA) is 52.5 Å². The highest BCUT2D eigenvalue weighted by Crippen LogP contribution is 2.21. The predicted molar refractivity (Wildman–Crippen MR) is 104 cm³/mol. The first-order chi connectivity index (χ1) is 12.7. The second-order valence-electron chi connectivity index (χ2n) is 6.11. The molecule has 3 rings (SSSR count). The van der Waals surface area contributed by atoms with E-state index in [1.807, 2.05) is 54.7 Å². The van der Waals surface area contributed by atoms with Gasteiger partial charge in [0.25, 0.3) is 5.91 Å². The van der Waals surface area contributed by atoms with Crippen molar-refractivity contribution in [1.82, 2.24) is 4.57 Å². The van der Waals surface area contributed by atoms with E-state index in [2.05, 4.69) is 16.8 Å². The Labute approximate surface area is 153 Å². The van der Waals surface area contributed by atoms with E-state index >= 15 is 0 Å². The summed E-state index contributed by atoms with van der Waals surface area (Å²) in [5.74, 6) is 0.519. The molecule has 1 N–H and O–H groups in total. The van der Waals surface area contributed by atoms with E-state index in [0.29, 0.717) is 12.4 Å². The lowest BCUT2D eigenvalue weighted by molar-refractivity contribution is -0.118. The van der Waals surface area contributed by atoms with Crippen LogP contribution in [0, 0.1) is 0 Å². The summed E-state index contributed by atoms with van der Waals surface area (Å²) in [6.07, 6.45) is 3.01. The van der Waals surface area contributed by atoms with Gasteiger partial charge in [0, 0.05) is 36.4 Å². The minimum absolute atomic E-state index is 0.0155. The third-order valence-corrected chi connectivity index (χ3v) is 4.29. The Morgan fingerprint density at radius 3 is 2.65 bits per heavy atom. The van der Waals surface area contributed by atoms with Crippen LogP contribution < -0.4 is 10.1 Å². The normalized spacial score (nSPS) is 10.8. The molecule has 1 amide bonds. The summed E-state index contributed by atoms with van der Waals surface area (Å²) < 4.78 is 12.8. The second kappa shape index (κ2) is 8.54. The van der Waals surface area contributed by atoms with E-state index in [4.69, 9.17) is 9.47 Å². The fraction of sp³-hybridized carbons (Fsp3) is 0.286. The second-order valence-corrected chi connectivity index (χ2v) is 6.11. The van der Waals surface area contributed by atoms with Gasteiger partial charge in [-0.3, -0.25) is 4.79 Å². The lowest BCUT2D eigenvalue weighted by Gasteiger charge is -2.09. The van der Waals surface area contributed by atoms with E-state index in [1.54, 1.807) is 7.11 Å². The Hall–Kier alpha value is -2.79. The Morgan fingerprint density at radius 2 is 1.92 bits per heavy atom. The molecular formula is C21H24N2O3. The van der Waals surface area contributed by atoms with E-state index in [1.165, 1.54) is 5.56 Å². The van der Waals surface area contributed by atoms with Gasteiger partial charge >= 0.3 is 0 Å². The van der Waals surface area contributed by atoms with Crippen molar-refractivity contribution < 1.29 is 14.3 Å². The lowest BCUT2D eigenvalue weighted by atomic mass is 10.2. The van der Waals surface area contributed by atoms with Gasteiger partial charge in [0.2, 0.25) is 0 Å². The molecule has 0 fully saturated rings. The van der Waals surface area contributed by atoms with Crippen LogP contribution in [-0.4, -0.2) is 30.8 Å². The van der Waals surface area contributed by atoms with Crippen molar-refractivity contribution in [3.8, 4) is 5.75 Å². The highest BCUT2D eigenvalue weighted by atomic mass is 16.5. The van der Waals surface area contributed by atoms with E-state index in [0.717, 1.165) is 29.6 Å². The number of anilines is 1. The van der Waals surface area contributed by atoms with Gasteiger partial charge < -0.3 is 19.4 Å². The average molecular weight is 352 g/mol. The molecule has 136 valence electrons. The van der Waals surface area contributed by atoms with E-state index in [-0.39, 0.29) is 12.5 Å². The molecular weight excluding hydrogens is 328 g/mol. The number of nitrogens with one attached hydrogen (secondary N) is 1. The van der Waals surface area contributed by atoms with Gasteiger partial charge in [-0.1, -0.05) is 19.1 Å². The smallest absolute Gasteiger partial charge is 0.262 e. The van der Waals surface area contributed by atoms with Crippen molar-refractivity contribution in [2.24, 2.45) is 0 Å². The van der Waals surface area contributed by atoms with Gasteiger partial charge in [-0.15, -0.1) is 0 Å². The number of benzene rings is 2. The van der Waals surface area contributed by atoms with Crippen LogP contribution in [0.15, 0.2) is 54.7 Å². The standard InChI is InChI=1S/C21H24N2O3/c1-3-16-4-7-19(8-5-16)26-15-21(24)22-18-6-9-20-17(14-18)10-11-23(20)12-13-25-2/h4-11,14H,3,12-13,15H2,1-2H3,(H,22,24). The molecule has 0 spiro atoms. The summed E-state index contributed by atoms with van der Waals surface area (Å²) in [7, 11) is 1.69. The zero-order valence-corrected chi connectivity index (χ0v) is 15.2. The number of carbonyl (C=O) groups is 1. The van der Waals surface area contributed by atoms with Crippen LogP contribution >= 0.6 is 0 Å². The summed E-state index contributed by atoms with van der Waals surface area (Å²) in [4.78, 5) is 12.1. The number of fused-ring (bicyclic) bond motifs is 1. The zero-order chi connectivity index (χ0) is 18.4. The van der Waals surface area contributed by atoms with Gasteiger partial charge in [0.15, 0.2) is 6.61 Å². The molecule has 0 bridgehead atoms. The Kier molecular flexibility index (Phi) is 5.92. The number of hydrogen-bond donors (Lipinski definition) is 1. The predicted octanol–water partition coefficient (Wildman–Crippen LogP) is 3.87. The van der Waals surface area contributed by atoms with Gasteiger partial charge in [-0.25, -0.2) is 0 Å². The number of nitrogens with zero attached hydrogens (tertiary/aromatic N) is 1. The molecule has 0 radical (unpaired) electrons. The van der Waals surface area contributed by atoms with Gasteiger partial charge in [-0.2, -0.15) is 0 Å². The maximum atomic E-state index is 12.1. The molecule has 1 heterocycles. The molecule has 3 aromatic rings. The van der Waals surface area contributed by atoms with Crippen molar-refractivity contribution in [3.05, 3.63) is 60.3 Å². The maximum absolute atomic E-state index is 12.1. The molecule has 0 aliphatic rings. The monoisotopic (exact) mass is 352 g/mol. The van der Waals surface area contributed by atoms with Crippen LogP contribution in [0.5, 0.6) is 5.75 Å². The van der Waals surface area contributed by atoms with Crippen molar-refractivity contribution in [3.63, 3.8) is 0 Å². The Morgan fingerprint density at radius 1 is 1.12 bits per heavy atom. The van der Waals surface area contributed by atoms with Crippen LogP contribution in [0.25, 0.3) is 10.9 Å². The number of amides is 1. The Balaban J connectivity index is 1.58. The number of methoxy groups -OCH3 is 1. The first-order valence-corrected chi connectivity index (χ1v) is 8.79. The van der Waals surface area contributed by atoms with Gasteiger partial charge in [0.05, 0.1) is 6.61 Å². The highest BCUT2D eigenvalue weighted by molar-refractivity contribution is 5.94. The lowest BCUT2D eigenvalue weighted by Crippen LogP contribution is -2.20. The van der Waals surface area contributed by atoms with E-state index in [9.17, 15) is 4.79 Å². The molecule has 0 saturated carbocycles. The van der Waals surface area contributed by atoms with Crippen LogP contribution in [0.1, 0.15) is 12.5 Å². The average Bonchev–Trinajstić information content (AvgIpc) is 3.07. The number of rotatable bonds is 8. The fourth-order valence-electron chi connectivity index (χ4n) is 2.83. The molecule has 5 heteroatoms. The van der Waals surface area contributed by atoms with E-state index < -0.39 is 0 Å². The first kappa shape index (κ1) is 18.0. The van der Waals surface area contributed by atoms with Crippen molar-refractivity contribution in [2.75, 3.05) is 25.6 Å². The molecule has 0 saturated heterocycles. The fourth-order valence-corrected chi connectivity index (χ4v) is 2.83. The summed E-state index contributed by atoms with van der Waals surface area (Å²) in [5.41, 5.74) is 3.12. The highest BCUT2D eigenvalue weighted by Gasteiger charge is 2.06. The molecule has 2 aromatic carbocycles. The summed E-state index contributed by atoms with van der Waals surface area (Å²) in [5, 5.41) is 3.96. The van der Waals surface area contributed by atoms with Crippen LogP contribution in [0.3, 0.4) is 0 Å². The molecule has 0 aliphatic heterocycles. The summed E-state index contributed by atoms with van der Waals surface area (Å²) in [6, 6.07) is 15.7. The molecule has 5 nitrogen and oxygen atoms in total. The van der Waals surface area contributed by atoms with Crippen molar-refractivity contribution >= 4 is 22.5 Å². The number of ether oxygens (including phenoxy) is 2. The number of aromatic nitrogens is 1. The molecule has 26 heavy (non-hydrogen) atoms. The summed E-state index contributed by atoms with van der Waals surface area (Å²) in [6.45, 7) is 3.56. The van der Waals surface area contributed by atoms with Crippen LogP contribution in [-0.2, 0) is 22.5 Å². The largest absolute Gasteiger partial charge is 0.484 e. The minimum Gasteiger partial charge on any atom is -0.484 e. The third-order valence-electron chi connectivity index (χ3n) is 4.29. The third kappa shape index (κ3) is 4.43. The number of aryl methyl sites for hydroxylation is 1. The van der Waals surface area contributed by atoms with Crippen molar-refractivity contribution in [1.29, 1.82) is 0 Å². The van der Waals surface area contributed by atoms with Crippen molar-refractivity contribution in [2.45, 2.75) is 19.9 Å². The SMILES string of the molecule is CCc1ccc(OCC(=O)Nc2ccc3c(ccn3CCOC)c2)cc1. The summed E-state index contributed by atoms with van der Waals surface area (Å²) >= 11 is 0. The van der Waals surface area contributed by atoms with Crippen LogP contribution in [0.2, 0.25) is 0 Å². The van der Waals surface area contributed by atoms with Crippen LogP contribution in [0.4, 0.5) is 5.69 Å². The first-order valence-electron chi connectivity index (χ1n) is 8.79. The number of hydrogen-bond acceptors (Lipinski definition) is 3. The quantitative estimate of drug-likeness (QED) is 0.670. The molecule has 0 unspecified atom stereocenters. The van der Waals surface area contributed by atoms with Gasteiger partial charge in [-0.05, 0) is 48.4 Å². The minimum atomic E-state index is -0.178. The Bertz CT molecular complexity index is 869. The molecule has 1 aromatic heterocycles. The maximum Gasteiger partial charge on any atom is 0.262 e. The molecule has 0 atom stereocenters. The zero-order valence-electron chi connectivity index (χ0n) is 15.2. The van der Waals surface area contributed by atoms with Gasteiger partial charge in [0.1, 0.15) is 5.75 Å². The molecule has 0 aliphatic carbocycles.